The molecule has 1 aliphatic carbocycles. The lowest BCUT2D eigenvalue weighted by Gasteiger charge is -2.29. The molecule has 1 heterocycles. The Morgan fingerprint density at radius 3 is 2.06 bits per heavy atom. The first-order valence-corrected chi connectivity index (χ1v) is 6.75. The highest BCUT2D eigenvalue weighted by atomic mass is 16.3. The highest BCUT2D eigenvalue weighted by Crippen LogP contribution is 2.43. The first-order valence-electron chi connectivity index (χ1n) is 6.75. The Morgan fingerprint density at radius 2 is 1.67 bits per heavy atom. The third-order valence-electron chi connectivity index (χ3n) is 4.32. The van der Waals surface area contributed by atoms with Gasteiger partial charge in [-0.3, -0.25) is 14.5 Å². The van der Waals surface area contributed by atoms with Gasteiger partial charge in [0.15, 0.2) is 0 Å². The molecule has 2 aliphatic rings. The summed E-state index contributed by atoms with van der Waals surface area (Å²) in [6.45, 7) is 7.96. The quantitative estimate of drug-likeness (QED) is 0.757. The van der Waals surface area contributed by atoms with Crippen LogP contribution in [0.3, 0.4) is 0 Å². The van der Waals surface area contributed by atoms with E-state index in [1.54, 1.807) is 0 Å². The van der Waals surface area contributed by atoms with Crippen LogP contribution in [0.25, 0.3) is 0 Å². The first kappa shape index (κ1) is 13.5. The van der Waals surface area contributed by atoms with E-state index in [0.717, 1.165) is 12.8 Å². The fraction of sp³-hybridized carbons (Fsp3) is 0.857. The van der Waals surface area contributed by atoms with Gasteiger partial charge in [-0.05, 0) is 24.2 Å². The molecule has 2 rings (SSSR count). The molecule has 0 radical (unpaired) electrons. The van der Waals surface area contributed by atoms with E-state index in [4.69, 9.17) is 0 Å². The molecule has 4 nitrogen and oxygen atoms in total. The summed E-state index contributed by atoms with van der Waals surface area (Å²) in [6.07, 6.45) is 0.968. The maximum Gasteiger partial charge on any atom is 0.233 e. The Balaban J connectivity index is 2.08. The van der Waals surface area contributed by atoms with Crippen LogP contribution < -0.4 is 0 Å². The smallest absolute Gasteiger partial charge is 0.233 e. The Morgan fingerprint density at radius 1 is 1.22 bits per heavy atom. The number of carbonyl (C=O) groups excluding carboxylic acids is 2. The summed E-state index contributed by atoms with van der Waals surface area (Å²) in [6, 6.07) is 0. The van der Waals surface area contributed by atoms with E-state index in [9.17, 15) is 14.7 Å². The molecule has 102 valence electrons. The highest BCUT2D eigenvalue weighted by Gasteiger charge is 2.52. The zero-order valence-electron chi connectivity index (χ0n) is 11.6. The normalized spacial score (nSPS) is 34.1. The molecule has 3 unspecified atom stereocenters. The van der Waals surface area contributed by atoms with Gasteiger partial charge in [-0.1, -0.05) is 27.7 Å². The largest absolute Gasteiger partial charge is 0.391 e. The lowest BCUT2D eigenvalue weighted by Crippen LogP contribution is -2.43. The van der Waals surface area contributed by atoms with Gasteiger partial charge >= 0.3 is 0 Å². The molecule has 0 aromatic heterocycles. The fourth-order valence-electron chi connectivity index (χ4n) is 2.97. The molecule has 1 N–H and O–H groups in total. The molecule has 0 aromatic carbocycles. The maximum atomic E-state index is 12.2. The molecule has 1 saturated carbocycles. The van der Waals surface area contributed by atoms with E-state index in [2.05, 4.69) is 6.92 Å². The number of hydrogen-bond acceptors (Lipinski definition) is 3. The van der Waals surface area contributed by atoms with Gasteiger partial charge in [-0.25, -0.2) is 0 Å². The Labute approximate surface area is 108 Å². The minimum Gasteiger partial charge on any atom is -0.391 e. The fourth-order valence-corrected chi connectivity index (χ4v) is 2.97. The number of carbonyl (C=O) groups is 2. The summed E-state index contributed by atoms with van der Waals surface area (Å²) in [5, 5.41) is 10.1. The van der Waals surface area contributed by atoms with Crippen LogP contribution in [0.1, 0.15) is 40.5 Å². The van der Waals surface area contributed by atoms with Crippen LogP contribution >= 0.6 is 0 Å². The average Bonchev–Trinajstić information content (AvgIpc) is 2.71. The number of aliphatic hydroxyl groups excluding tert-OH is 1. The lowest BCUT2D eigenvalue weighted by molar-refractivity contribution is -0.143. The third kappa shape index (κ3) is 2.18. The van der Waals surface area contributed by atoms with Crippen molar-refractivity contribution in [2.45, 2.75) is 46.6 Å². The number of imide groups is 1. The van der Waals surface area contributed by atoms with Gasteiger partial charge < -0.3 is 5.11 Å². The maximum absolute atomic E-state index is 12.2. The average molecular weight is 253 g/mol. The second kappa shape index (κ2) is 4.34. The Kier molecular flexibility index (Phi) is 3.26. The zero-order chi connectivity index (χ0) is 13.7. The van der Waals surface area contributed by atoms with E-state index in [1.165, 1.54) is 4.90 Å². The molecule has 4 heteroatoms. The summed E-state index contributed by atoms with van der Waals surface area (Å²) in [5.41, 5.74) is -0.314. The number of amides is 2. The molecule has 0 bridgehead atoms. The van der Waals surface area contributed by atoms with Crippen LogP contribution in [0.4, 0.5) is 0 Å². The van der Waals surface area contributed by atoms with Crippen LogP contribution in [0, 0.1) is 23.2 Å². The molecule has 2 amide bonds. The van der Waals surface area contributed by atoms with Crippen molar-refractivity contribution in [3.05, 3.63) is 0 Å². The standard InChI is InChI=1S/C14H23NO3/c1-8-5-9-10(6-8)13(18)15(12(9)17)7-11(16)14(2,3)4/h8-11,16H,5-7H2,1-4H3. The summed E-state index contributed by atoms with van der Waals surface area (Å²) in [4.78, 5) is 25.7. The van der Waals surface area contributed by atoms with E-state index in [0.29, 0.717) is 5.92 Å². The van der Waals surface area contributed by atoms with Gasteiger partial charge in [0.2, 0.25) is 11.8 Å². The van der Waals surface area contributed by atoms with Gasteiger partial charge in [-0.2, -0.15) is 0 Å². The van der Waals surface area contributed by atoms with Crippen molar-refractivity contribution in [1.82, 2.24) is 4.90 Å². The number of fused-ring (bicyclic) bond motifs is 1. The molecule has 0 spiro atoms. The summed E-state index contributed by atoms with van der Waals surface area (Å²) >= 11 is 0. The second-order valence-electron chi connectivity index (χ2n) is 6.96. The minimum absolute atomic E-state index is 0.0716. The number of likely N-dealkylation sites (tertiary alicyclic amines) is 1. The zero-order valence-corrected chi connectivity index (χ0v) is 11.6. The summed E-state index contributed by atoms with van der Waals surface area (Å²) in [5.74, 6) is 0.0669. The minimum atomic E-state index is -0.665. The molecular weight excluding hydrogens is 230 g/mol. The van der Waals surface area contributed by atoms with Gasteiger partial charge in [0, 0.05) is 0 Å². The lowest BCUT2D eigenvalue weighted by atomic mass is 9.89. The van der Waals surface area contributed by atoms with Crippen LogP contribution in [-0.2, 0) is 9.59 Å². The third-order valence-corrected chi connectivity index (χ3v) is 4.32. The van der Waals surface area contributed by atoms with Gasteiger partial charge in [0.25, 0.3) is 0 Å². The molecule has 0 aromatic rings. The predicted molar refractivity (Wildman–Crippen MR) is 67.6 cm³/mol. The van der Waals surface area contributed by atoms with Crippen molar-refractivity contribution in [3.63, 3.8) is 0 Å². The van der Waals surface area contributed by atoms with Gasteiger partial charge in [0.05, 0.1) is 24.5 Å². The number of β-amino-alcohol motifs (C(OH)–C–C–N with tert-alkyl or cyclic N) is 1. The van der Waals surface area contributed by atoms with Crippen molar-refractivity contribution in [2.24, 2.45) is 23.2 Å². The molecule has 1 aliphatic heterocycles. The number of aliphatic hydroxyl groups is 1. The molecule has 3 atom stereocenters. The molecule has 18 heavy (non-hydrogen) atoms. The number of nitrogens with zero attached hydrogens (tertiary/aromatic N) is 1. The molecule has 1 saturated heterocycles. The van der Waals surface area contributed by atoms with Crippen molar-refractivity contribution < 1.29 is 14.7 Å². The van der Waals surface area contributed by atoms with Gasteiger partial charge in [-0.15, -0.1) is 0 Å². The Hall–Kier alpha value is -0.900. The van der Waals surface area contributed by atoms with Crippen LogP contribution in [-0.4, -0.2) is 34.5 Å². The summed E-state index contributed by atoms with van der Waals surface area (Å²) < 4.78 is 0. The van der Waals surface area contributed by atoms with Crippen molar-refractivity contribution in [3.8, 4) is 0 Å². The van der Waals surface area contributed by atoms with E-state index < -0.39 is 6.10 Å². The van der Waals surface area contributed by atoms with Crippen molar-refractivity contribution in [1.29, 1.82) is 0 Å². The Bertz CT molecular complexity index is 348. The van der Waals surface area contributed by atoms with Crippen molar-refractivity contribution in [2.75, 3.05) is 6.54 Å². The highest BCUT2D eigenvalue weighted by molar-refractivity contribution is 6.05. The second-order valence-corrected chi connectivity index (χ2v) is 6.96. The van der Waals surface area contributed by atoms with Crippen LogP contribution in [0.2, 0.25) is 0 Å². The van der Waals surface area contributed by atoms with E-state index >= 15 is 0 Å². The van der Waals surface area contributed by atoms with Crippen molar-refractivity contribution >= 4 is 11.8 Å². The SMILES string of the molecule is CC1CC2C(=O)N(CC(O)C(C)(C)C)C(=O)C2C1. The summed E-state index contributed by atoms with van der Waals surface area (Å²) in [7, 11) is 0. The van der Waals surface area contributed by atoms with Gasteiger partial charge in [0.1, 0.15) is 0 Å². The molecule has 2 fully saturated rings. The van der Waals surface area contributed by atoms with Crippen LogP contribution in [0.15, 0.2) is 0 Å². The number of hydrogen-bond donors (Lipinski definition) is 1. The monoisotopic (exact) mass is 253 g/mol. The van der Waals surface area contributed by atoms with E-state index in [-0.39, 0.29) is 35.6 Å². The predicted octanol–water partition coefficient (Wildman–Crippen LogP) is 1.42. The molecular formula is C14H23NO3. The first-order chi connectivity index (χ1) is 8.21. The number of rotatable bonds is 2. The van der Waals surface area contributed by atoms with E-state index in [1.807, 2.05) is 20.8 Å². The van der Waals surface area contributed by atoms with Crippen LogP contribution in [0.5, 0.6) is 0 Å². The topological polar surface area (TPSA) is 57.6 Å².